The molecule has 3 heterocycles. The van der Waals surface area contributed by atoms with E-state index in [0.29, 0.717) is 0 Å². The molecule has 3 aromatic heterocycles. The highest BCUT2D eigenvalue weighted by Gasteiger charge is 2.08. The minimum absolute atomic E-state index is 0.918. The Morgan fingerprint density at radius 2 is 2.20 bits per heavy atom. The van der Waals surface area contributed by atoms with E-state index in [1.54, 1.807) is 22.2 Å². The van der Waals surface area contributed by atoms with Crippen LogP contribution in [0, 0.1) is 6.92 Å². The minimum Gasteiger partial charge on any atom is -0.275 e. The lowest BCUT2D eigenvalue weighted by molar-refractivity contribution is 0.768. The van der Waals surface area contributed by atoms with Crippen molar-refractivity contribution in [2.45, 2.75) is 6.92 Å². The van der Waals surface area contributed by atoms with E-state index in [1.165, 1.54) is 0 Å². The third-order valence-electron chi connectivity index (χ3n) is 2.14. The fourth-order valence-electron chi connectivity index (χ4n) is 1.49. The maximum absolute atomic E-state index is 4.48. The van der Waals surface area contributed by atoms with Crippen LogP contribution in [0.15, 0.2) is 18.6 Å². The van der Waals surface area contributed by atoms with Gasteiger partial charge >= 0.3 is 0 Å². The minimum atomic E-state index is 0.918. The monoisotopic (exact) mass is 219 g/mol. The normalized spacial score (nSPS) is 11.3. The fraction of sp³-hybridized carbons (Fsp3) is 0.222. The molecule has 0 N–H and O–H groups in total. The molecule has 0 atom stereocenters. The van der Waals surface area contributed by atoms with Crippen LogP contribution in [0.25, 0.3) is 16.2 Å². The number of rotatable bonds is 1. The van der Waals surface area contributed by atoms with Gasteiger partial charge in [-0.2, -0.15) is 10.2 Å². The van der Waals surface area contributed by atoms with Crippen LogP contribution in [0.3, 0.4) is 0 Å². The van der Waals surface area contributed by atoms with Crippen molar-refractivity contribution in [2.75, 3.05) is 0 Å². The average molecular weight is 219 g/mol. The maximum Gasteiger partial charge on any atom is 0.212 e. The predicted molar refractivity (Wildman–Crippen MR) is 57.8 cm³/mol. The van der Waals surface area contributed by atoms with Gasteiger partial charge in [0.2, 0.25) is 4.96 Å². The average Bonchev–Trinajstić information content (AvgIpc) is 2.78. The van der Waals surface area contributed by atoms with Crippen molar-refractivity contribution in [1.29, 1.82) is 0 Å². The summed E-state index contributed by atoms with van der Waals surface area (Å²) < 4.78 is 3.57. The Bertz CT molecular complexity index is 586. The molecule has 5 nitrogen and oxygen atoms in total. The second-order valence-electron chi connectivity index (χ2n) is 3.38. The quantitative estimate of drug-likeness (QED) is 0.623. The summed E-state index contributed by atoms with van der Waals surface area (Å²) in [7, 11) is 1.89. The zero-order chi connectivity index (χ0) is 10.4. The first kappa shape index (κ1) is 8.60. The van der Waals surface area contributed by atoms with Crippen LogP contribution in [0.2, 0.25) is 0 Å². The molecule has 0 bridgehead atoms. The molecular weight excluding hydrogens is 210 g/mol. The van der Waals surface area contributed by atoms with Gasteiger partial charge in [-0.3, -0.25) is 4.68 Å². The Balaban J connectivity index is 2.15. The van der Waals surface area contributed by atoms with Gasteiger partial charge in [0.05, 0.1) is 18.1 Å². The fourth-order valence-corrected chi connectivity index (χ4v) is 2.22. The molecule has 15 heavy (non-hydrogen) atoms. The summed E-state index contributed by atoms with van der Waals surface area (Å²) in [5.41, 5.74) is 1.94. The summed E-state index contributed by atoms with van der Waals surface area (Å²) in [4.78, 5) is 5.41. The lowest BCUT2D eigenvalue weighted by Gasteiger charge is -1.85. The van der Waals surface area contributed by atoms with Gasteiger partial charge < -0.3 is 0 Å². The van der Waals surface area contributed by atoms with E-state index in [4.69, 9.17) is 0 Å². The Morgan fingerprint density at radius 1 is 1.33 bits per heavy atom. The smallest absolute Gasteiger partial charge is 0.212 e. The first-order valence-electron chi connectivity index (χ1n) is 4.54. The number of hydrogen-bond donors (Lipinski definition) is 0. The zero-order valence-corrected chi connectivity index (χ0v) is 9.19. The third kappa shape index (κ3) is 1.33. The van der Waals surface area contributed by atoms with Gasteiger partial charge in [-0.15, -0.1) is 0 Å². The Hall–Kier alpha value is -1.69. The van der Waals surface area contributed by atoms with Gasteiger partial charge in [0.1, 0.15) is 5.01 Å². The number of aryl methyl sites for hydroxylation is 2. The van der Waals surface area contributed by atoms with Crippen LogP contribution in [0.4, 0.5) is 0 Å². The lowest BCUT2D eigenvalue weighted by Crippen LogP contribution is -1.84. The van der Waals surface area contributed by atoms with Crippen LogP contribution in [0.1, 0.15) is 5.01 Å². The van der Waals surface area contributed by atoms with Gasteiger partial charge in [0.15, 0.2) is 0 Å². The van der Waals surface area contributed by atoms with E-state index >= 15 is 0 Å². The number of hydrogen-bond acceptors (Lipinski definition) is 4. The molecule has 0 saturated carbocycles. The molecule has 3 aromatic rings. The van der Waals surface area contributed by atoms with Crippen LogP contribution < -0.4 is 0 Å². The molecule has 0 aliphatic carbocycles. The van der Waals surface area contributed by atoms with Crippen LogP contribution in [-0.4, -0.2) is 24.4 Å². The number of nitrogens with zero attached hydrogens (tertiary/aromatic N) is 5. The Kier molecular flexibility index (Phi) is 1.66. The van der Waals surface area contributed by atoms with Crippen molar-refractivity contribution < 1.29 is 0 Å². The number of fused-ring (bicyclic) bond motifs is 1. The molecular formula is C9H9N5S. The molecule has 6 heteroatoms. The second kappa shape index (κ2) is 2.90. The van der Waals surface area contributed by atoms with Crippen LogP contribution in [0.5, 0.6) is 0 Å². The summed E-state index contributed by atoms with van der Waals surface area (Å²) in [6.07, 6.45) is 5.68. The van der Waals surface area contributed by atoms with E-state index in [2.05, 4.69) is 15.2 Å². The number of aromatic nitrogens is 5. The van der Waals surface area contributed by atoms with Gasteiger partial charge in [-0.25, -0.2) is 9.50 Å². The molecule has 0 fully saturated rings. The molecule has 0 aliphatic heterocycles. The van der Waals surface area contributed by atoms with Crippen molar-refractivity contribution in [3.8, 4) is 11.3 Å². The topological polar surface area (TPSA) is 48.0 Å². The summed E-state index contributed by atoms with van der Waals surface area (Å²) >= 11 is 1.59. The molecule has 0 spiro atoms. The number of imidazole rings is 1. The van der Waals surface area contributed by atoms with Gasteiger partial charge in [-0.1, -0.05) is 11.3 Å². The first-order chi connectivity index (χ1) is 7.22. The summed E-state index contributed by atoms with van der Waals surface area (Å²) in [6, 6.07) is 0. The molecule has 3 rings (SSSR count). The Labute approximate surface area is 90.0 Å². The van der Waals surface area contributed by atoms with E-state index in [-0.39, 0.29) is 0 Å². The van der Waals surface area contributed by atoms with Crippen molar-refractivity contribution in [3.05, 3.63) is 23.6 Å². The molecule has 0 aliphatic rings. The molecule has 0 saturated heterocycles. The molecule has 0 radical (unpaired) electrons. The van der Waals surface area contributed by atoms with Crippen molar-refractivity contribution in [2.24, 2.45) is 7.05 Å². The highest BCUT2D eigenvalue weighted by atomic mass is 32.1. The second-order valence-corrected chi connectivity index (χ2v) is 4.54. The summed E-state index contributed by atoms with van der Waals surface area (Å²) in [5, 5.41) is 9.45. The van der Waals surface area contributed by atoms with Gasteiger partial charge in [0.25, 0.3) is 0 Å². The molecule has 0 amide bonds. The SMILES string of the molecule is Cc1nn2cc(-c3cnn(C)c3)nc2s1. The predicted octanol–water partition coefficient (Wildman–Crippen LogP) is 1.50. The Morgan fingerprint density at radius 3 is 2.87 bits per heavy atom. The highest BCUT2D eigenvalue weighted by molar-refractivity contribution is 7.16. The van der Waals surface area contributed by atoms with Crippen molar-refractivity contribution in [1.82, 2.24) is 24.4 Å². The summed E-state index contributed by atoms with van der Waals surface area (Å²) in [5.74, 6) is 0. The third-order valence-corrected chi connectivity index (χ3v) is 2.98. The van der Waals surface area contributed by atoms with E-state index < -0.39 is 0 Å². The zero-order valence-electron chi connectivity index (χ0n) is 8.38. The van der Waals surface area contributed by atoms with E-state index in [0.717, 1.165) is 21.2 Å². The van der Waals surface area contributed by atoms with Crippen LogP contribution in [-0.2, 0) is 7.05 Å². The van der Waals surface area contributed by atoms with E-state index in [1.807, 2.05) is 30.9 Å². The maximum atomic E-state index is 4.48. The first-order valence-corrected chi connectivity index (χ1v) is 5.36. The molecule has 0 unspecified atom stereocenters. The van der Waals surface area contributed by atoms with Crippen molar-refractivity contribution in [3.63, 3.8) is 0 Å². The largest absolute Gasteiger partial charge is 0.275 e. The molecule has 76 valence electrons. The van der Waals surface area contributed by atoms with Gasteiger partial charge in [0, 0.05) is 18.8 Å². The highest BCUT2D eigenvalue weighted by Crippen LogP contribution is 2.20. The molecule has 0 aromatic carbocycles. The van der Waals surface area contributed by atoms with Crippen LogP contribution >= 0.6 is 11.3 Å². The van der Waals surface area contributed by atoms with Crippen molar-refractivity contribution >= 4 is 16.3 Å². The van der Waals surface area contributed by atoms with E-state index in [9.17, 15) is 0 Å². The summed E-state index contributed by atoms with van der Waals surface area (Å²) in [6.45, 7) is 1.98. The lowest BCUT2D eigenvalue weighted by atomic mass is 10.3. The van der Waals surface area contributed by atoms with Gasteiger partial charge in [-0.05, 0) is 6.92 Å². The standard InChI is InChI=1S/C9H9N5S/c1-6-12-14-5-8(11-9(14)15-6)7-3-10-13(2)4-7/h3-5H,1-2H3.